The summed E-state index contributed by atoms with van der Waals surface area (Å²) in [5, 5.41) is 9.19. The number of nitrogens with zero attached hydrogens (tertiary/aromatic N) is 1. The number of H-pyrrole nitrogens is 1. The third-order valence-electron chi connectivity index (χ3n) is 3.11. The Kier molecular flexibility index (Phi) is 3.03. The van der Waals surface area contributed by atoms with Gasteiger partial charge >= 0.3 is 11.7 Å². The molecule has 0 saturated carbocycles. The third-order valence-corrected chi connectivity index (χ3v) is 3.41. The van der Waals surface area contributed by atoms with Crippen molar-refractivity contribution in [3.05, 3.63) is 63.3 Å². The average Bonchev–Trinajstić information content (AvgIpc) is 2.75. The number of carbonyl (C=O) groups is 1. The molecule has 0 aliphatic rings. The summed E-state index contributed by atoms with van der Waals surface area (Å²) in [4.78, 5) is 25.7. The van der Waals surface area contributed by atoms with E-state index in [2.05, 4.69) is 4.98 Å². The number of para-hydroxylation sites is 2. The normalized spacial score (nSPS) is 11.0. The number of carboxylic acid groups (broad SMARTS) is 1. The quantitative estimate of drug-likeness (QED) is 0.764. The lowest BCUT2D eigenvalue weighted by molar-refractivity contribution is 0.0699. The van der Waals surface area contributed by atoms with Gasteiger partial charge in [0.2, 0.25) is 0 Å². The standard InChI is InChI=1S/C14H8ClFN2O3/c15-8-4-2-5-9(16)12(8)18-10-6-1-3-7(13(19)20)11(10)17-14(18)21/h1-6H,(H,17,21)(H,19,20). The first kappa shape index (κ1) is 13.4. The number of halogens is 2. The fourth-order valence-electron chi connectivity index (χ4n) is 2.23. The Morgan fingerprint density at radius 2 is 1.95 bits per heavy atom. The van der Waals surface area contributed by atoms with Crippen LogP contribution >= 0.6 is 11.6 Å². The minimum absolute atomic E-state index is 0.0544. The van der Waals surface area contributed by atoms with Gasteiger partial charge in [-0.05, 0) is 24.3 Å². The summed E-state index contributed by atoms with van der Waals surface area (Å²) in [5.74, 6) is -1.86. The van der Waals surface area contributed by atoms with Crippen LogP contribution in [0.4, 0.5) is 4.39 Å². The summed E-state index contributed by atoms with van der Waals surface area (Å²) in [6, 6.07) is 8.39. The maximum Gasteiger partial charge on any atom is 0.337 e. The Bertz CT molecular complexity index is 909. The molecule has 0 radical (unpaired) electrons. The van der Waals surface area contributed by atoms with E-state index < -0.39 is 17.5 Å². The summed E-state index contributed by atoms with van der Waals surface area (Å²) in [5.41, 5.74) is -0.485. The second-order valence-corrected chi connectivity index (χ2v) is 4.75. The first-order valence-electron chi connectivity index (χ1n) is 5.92. The number of hydrogen-bond donors (Lipinski definition) is 2. The van der Waals surface area contributed by atoms with E-state index in [1.165, 1.54) is 36.4 Å². The van der Waals surface area contributed by atoms with Crippen LogP contribution < -0.4 is 5.69 Å². The molecule has 1 aromatic heterocycles. The number of benzene rings is 2. The number of aromatic amines is 1. The number of hydrogen-bond acceptors (Lipinski definition) is 2. The van der Waals surface area contributed by atoms with Crippen LogP contribution in [0.3, 0.4) is 0 Å². The molecule has 0 spiro atoms. The smallest absolute Gasteiger partial charge is 0.337 e. The lowest BCUT2D eigenvalue weighted by atomic mass is 10.2. The minimum atomic E-state index is -1.19. The Labute approximate surface area is 122 Å². The van der Waals surface area contributed by atoms with Crippen LogP contribution in [-0.2, 0) is 0 Å². The van der Waals surface area contributed by atoms with Crippen molar-refractivity contribution in [2.24, 2.45) is 0 Å². The number of nitrogens with one attached hydrogen (secondary N) is 1. The van der Waals surface area contributed by atoms with E-state index in [1.54, 1.807) is 0 Å². The van der Waals surface area contributed by atoms with Crippen LogP contribution in [-0.4, -0.2) is 20.6 Å². The van der Waals surface area contributed by atoms with Gasteiger partial charge in [-0.3, -0.25) is 4.57 Å². The SMILES string of the molecule is O=C(O)c1cccc2c1[nH]c(=O)n2-c1c(F)cccc1Cl. The predicted molar refractivity (Wildman–Crippen MR) is 75.8 cm³/mol. The van der Waals surface area contributed by atoms with E-state index in [0.717, 1.165) is 4.57 Å². The van der Waals surface area contributed by atoms with E-state index >= 15 is 0 Å². The Hall–Kier alpha value is -2.60. The number of aromatic nitrogens is 2. The number of rotatable bonds is 2. The van der Waals surface area contributed by atoms with Crippen LogP contribution in [0.15, 0.2) is 41.2 Å². The second-order valence-electron chi connectivity index (χ2n) is 4.34. The molecule has 0 fully saturated rings. The van der Waals surface area contributed by atoms with Crippen molar-refractivity contribution in [3.8, 4) is 5.69 Å². The van der Waals surface area contributed by atoms with Gasteiger partial charge in [0.05, 0.1) is 21.6 Å². The molecule has 0 saturated heterocycles. The van der Waals surface area contributed by atoms with Gasteiger partial charge in [0.25, 0.3) is 0 Å². The lowest BCUT2D eigenvalue weighted by Crippen LogP contribution is -2.16. The molecule has 7 heteroatoms. The highest BCUT2D eigenvalue weighted by Crippen LogP contribution is 2.26. The monoisotopic (exact) mass is 306 g/mol. The Balaban J connectivity index is 2.45. The predicted octanol–water partition coefficient (Wildman–Crippen LogP) is 2.81. The van der Waals surface area contributed by atoms with Crippen molar-refractivity contribution in [1.29, 1.82) is 0 Å². The zero-order chi connectivity index (χ0) is 15.1. The zero-order valence-electron chi connectivity index (χ0n) is 10.4. The molecule has 3 rings (SSSR count). The highest BCUT2D eigenvalue weighted by Gasteiger charge is 2.18. The maximum atomic E-state index is 14.0. The van der Waals surface area contributed by atoms with Gasteiger partial charge in [-0.25, -0.2) is 14.0 Å². The van der Waals surface area contributed by atoms with Gasteiger partial charge in [0.15, 0.2) is 0 Å². The topological polar surface area (TPSA) is 75.1 Å². The van der Waals surface area contributed by atoms with E-state index in [0.29, 0.717) is 0 Å². The summed E-state index contributed by atoms with van der Waals surface area (Å²) in [7, 11) is 0. The molecule has 0 amide bonds. The van der Waals surface area contributed by atoms with Gasteiger partial charge in [-0.15, -0.1) is 0 Å². The van der Waals surface area contributed by atoms with E-state index in [1.807, 2.05) is 0 Å². The van der Waals surface area contributed by atoms with Crippen LogP contribution in [0.1, 0.15) is 10.4 Å². The van der Waals surface area contributed by atoms with Crippen molar-refractivity contribution in [2.45, 2.75) is 0 Å². The van der Waals surface area contributed by atoms with Crippen LogP contribution in [0.5, 0.6) is 0 Å². The molecule has 0 aliphatic carbocycles. The molecule has 1 heterocycles. The van der Waals surface area contributed by atoms with Crippen molar-refractivity contribution >= 4 is 28.6 Å². The van der Waals surface area contributed by atoms with Crippen molar-refractivity contribution in [3.63, 3.8) is 0 Å². The van der Waals surface area contributed by atoms with Crippen LogP contribution in [0, 0.1) is 5.82 Å². The molecule has 106 valence electrons. The maximum absolute atomic E-state index is 14.0. The molecule has 0 aliphatic heterocycles. The number of imidazole rings is 1. The Morgan fingerprint density at radius 1 is 1.24 bits per heavy atom. The van der Waals surface area contributed by atoms with E-state index in [-0.39, 0.29) is 27.3 Å². The fourth-order valence-corrected chi connectivity index (χ4v) is 2.48. The summed E-state index contributed by atoms with van der Waals surface area (Å²) >= 11 is 5.97. The van der Waals surface area contributed by atoms with E-state index in [4.69, 9.17) is 16.7 Å². The highest BCUT2D eigenvalue weighted by molar-refractivity contribution is 6.32. The van der Waals surface area contributed by atoms with Gasteiger partial charge in [-0.2, -0.15) is 0 Å². The number of aromatic carboxylic acids is 1. The van der Waals surface area contributed by atoms with Gasteiger partial charge in [0.1, 0.15) is 11.5 Å². The summed E-state index contributed by atoms with van der Waals surface area (Å²) < 4.78 is 15.0. The molecule has 0 unspecified atom stereocenters. The van der Waals surface area contributed by atoms with Gasteiger partial charge < -0.3 is 10.1 Å². The van der Waals surface area contributed by atoms with Crippen LogP contribution in [0.25, 0.3) is 16.7 Å². The molecule has 0 atom stereocenters. The van der Waals surface area contributed by atoms with Crippen molar-refractivity contribution < 1.29 is 14.3 Å². The highest BCUT2D eigenvalue weighted by atomic mass is 35.5. The molecule has 0 bridgehead atoms. The van der Waals surface area contributed by atoms with Crippen molar-refractivity contribution in [1.82, 2.24) is 9.55 Å². The number of fused-ring (bicyclic) bond motifs is 1. The molecular formula is C14H8ClFN2O3. The third kappa shape index (κ3) is 2.00. The molecule has 5 nitrogen and oxygen atoms in total. The first-order chi connectivity index (χ1) is 10.0. The molecule has 2 N–H and O–H groups in total. The van der Waals surface area contributed by atoms with Crippen molar-refractivity contribution in [2.75, 3.05) is 0 Å². The summed E-state index contributed by atoms with van der Waals surface area (Å²) in [6.07, 6.45) is 0. The molecule has 21 heavy (non-hydrogen) atoms. The minimum Gasteiger partial charge on any atom is -0.478 e. The van der Waals surface area contributed by atoms with E-state index in [9.17, 15) is 14.0 Å². The molecular weight excluding hydrogens is 299 g/mol. The largest absolute Gasteiger partial charge is 0.478 e. The fraction of sp³-hybridized carbons (Fsp3) is 0. The van der Waals surface area contributed by atoms with Gasteiger partial charge in [-0.1, -0.05) is 23.7 Å². The second kappa shape index (κ2) is 4.75. The zero-order valence-corrected chi connectivity index (χ0v) is 11.2. The lowest BCUT2D eigenvalue weighted by Gasteiger charge is -2.07. The van der Waals surface area contributed by atoms with Crippen LogP contribution in [0.2, 0.25) is 5.02 Å². The molecule has 3 aromatic rings. The Morgan fingerprint density at radius 3 is 2.62 bits per heavy atom. The van der Waals surface area contributed by atoms with Gasteiger partial charge in [0, 0.05) is 0 Å². The first-order valence-corrected chi connectivity index (χ1v) is 6.30. The number of carboxylic acids is 1. The molecule has 2 aromatic carbocycles. The average molecular weight is 307 g/mol. The summed E-state index contributed by atoms with van der Waals surface area (Å²) in [6.45, 7) is 0.